The minimum atomic E-state index is -4.34. The molecular formula is C26H30F3N3O2. The van der Waals surface area contributed by atoms with Crippen LogP contribution in [0.2, 0.25) is 0 Å². The topological polar surface area (TPSA) is 52.7 Å². The van der Waals surface area contributed by atoms with E-state index in [4.69, 9.17) is 0 Å². The number of benzene rings is 2. The SMILES string of the molecule is Cc1cccc(N2CC(C(=O)NC3CCN(Cc4cccc(C(F)(F)F)c4)CC3)CC2=O)c1C. The van der Waals surface area contributed by atoms with E-state index in [0.717, 1.165) is 35.7 Å². The Morgan fingerprint density at radius 3 is 2.50 bits per heavy atom. The molecule has 1 unspecified atom stereocenters. The Balaban J connectivity index is 1.28. The Morgan fingerprint density at radius 1 is 1.09 bits per heavy atom. The minimum absolute atomic E-state index is 0.00937. The summed E-state index contributed by atoms with van der Waals surface area (Å²) in [5, 5.41) is 3.10. The molecule has 182 valence electrons. The van der Waals surface area contributed by atoms with Crippen molar-refractivity contribution in [3.63, 3.8) is 0 Å². The van der Waals surface area contributed by atoms with Gasteiger partial charge in [0.2, 0.25) is 11.8 Å². The highest BCUT2D eigenvalue weighted by Crippen LogP contribution is 2.31. The molecule has 8 heteroatoms. The summed E-state index contributed by atoms with van der Waals surface area (Å²) in [5.41, 5.74) is 3.02. The van der Waals surface area contributed by atoms with Gasteiger partial charge in [-0.15, -0.1) is 0 Å². The molecule has 34 heavy (non-hydrogen) atoms. The van der Waals surface area contributed by atoms with E-state index in [2.05, 4.69) is 10.2 Å². The van der Waals surface area contributed by atoms with Gasteiger partial charge in [-0.05, 0) is 55.5 Å². The molecule has 2 heterocycles. The molecule has 2 fully saturated rings. The molecule has 0 aliphatic carbocycles. The number of amides is 2. The number of hydrogen-bond acceptors (Lipinski definition) is 3. The molecule has 0 radical (unpaired) electrons. The first-order valence-corrected chi connectivity index (χ1v) is 11.7. The summed E-state index contributed by atoms with van der Waals surface area (Å²) in [4.78, 5) is 29.3. The van der Waals surface area contributed by atoms with Crippen molar-refractivity contribution in [3.05, 3.63) is 64.7 Å². The number of hydrogen-bond donors (Lipinski definition) is 1. The molecule has 1 atom stereocenters. The average Bonchev–Trinajstić information content (AvgIpc) is 3.18. The Morgan fingerprint density at radius 2 is 1.79 bits per heavy atom. The molecular weight excluding hydrogens is 443 g/mol. The second-order valence-electron chi connectivity index (χ2n) is 9.38. The van der Waals surface area contributed by atoms with Crippen LogP contribution >= 0.6 is 0 Å². The molecule has 2 amide bonds. The van der Waals surface area contributed by atoms with Gasteiger partial charge in [-0.25, -0.2) is 0 Å². The number of carbonyl (C=O) groups excluding carboxylic acids is 2. The van der Waals surface area contributed by atoms with Crippen molar-refractivity contribution < 1.29 is 22.8 Å². The number of nitrogens with zero attached hydrogens (tertiary/aromatic N) is 2. The quantitative estimate of drug-likeness (QED) is 0.698. The lowest BCUT2D eigenvalue weighted by Crippen LogP contribution is -2.46. The first-order chi connectivity index (χ1) is 16.1. The average molecular weight is 474 g/mol. The summed E-state index contributed by atoms with van der Waals surface area (Å²) < 4.78 is 38.9. The second kappa shape index (κ2) is 9.78. The number of anilines is 1. The van der Waals surface area contributed by atoms with Crippen LogP contribution < -0.4 is 10.2 Å². The minimum Gasteiger partial charge on any atom is -0.353 e. The van der Waals surface area contributed by atoms with E-state index in [1.165, 1.54) is 12.1 Å². The fourth-order valence-corrected chi connectivity index (χ4v) is 4.80. The largest absolute Gasteiger partial charge is 0.416 e. The number of likely N-dealkylation sites (tertiary alicyclic amines) is 1. The Labute approximate surface area is 197 Å². The van der Waals surface area contributed by atoms with Crippen LogP contribution in [-0.4, -0.2) is 42.4 Å². The fraction of sp³-hybridized carbons (Fsp3) is 0.462. The van der Waals surface area contributed by atoms with Crippen LogP contribution in [0.25, 0.3) is 0 Å². The van der Waals surface area contributed by atoms with Crippen molar-refractivity contribution in [2.24, 2.45) is 5.92 Å². The van der Waals surface area contributed by atoms with Crippen LogP contribution in [0.5, 0.6) is 0 Å². The number of alkyl halides is 3. The van der Waals surface area contributed by atoms with Crippen LogP contribution in [0.4, 0.5) is 18.9 Å². The van der Waals surface area contributed by atoms with Gasteiger partial charge < -0.3 is 10.2 Å². The predicted octanol–water partition coefficient (Wildman–Crippen LogP) is 4.46. The van der Waals surface area contributed by atoms with Crippen molar-refractivity contribution >= 4 is 17.5 Å². The van der Waals surface area contributed by atoms with Crippen molar-refractivity contribution in [2.45, 2.75) is 51.9 Å². The molecule has 2 aromatic rings. The van der Waals surface area contributed by atoms with E-state index in [1.807, 2.05) is 32.0 Å². The smallest absolute Gasteiger partial charge is 0.353 e. The molecule has 2 saturated heterocycles. The highest BCUT2D eigenvalue weighted by Gasteiger charge is 2.37. The summed E-state index contributed by atoms with van der Waals surface area (Å²) in [6.45, 7) is 6.20. The zero-order chi connectivity index (χ0) is 24.5. The summed E-state index contributed by atoms with van der Waals surface area (Å²) in [6, 6.07) is 11.3. The molecule has 2 aliphatic heterocycles. The molecule has 1 N–H and O–H groups in total. The number of rotatable bonds is 5. The number of piperidine rings is 1. The molecule has 5 nitrogen and oxygen atoms in total. The first-order valence-electron chi connectivity index (χ1n) is 11.7. The number of carbonyl (C=O) groups is 2. The number of nitrogens with one attached hydrogen (secondary N) is 1. The van der Waals surface area contributed by atoms with Crippen LogP contribution in [0.15, 0.2) is 42.5 Å². The Kier molecular flexibility index (Phi) is 6.98. The fourth-order valence-electron chi connectivity index (χ4n) is 4.80. The van der Waals surface area contributed by atoms with E-state index >= 15 is 0 Å². The summed E-state index contributed by atoms with van der Waals surface area (Å²) in [5.74, 6) is -0.516. The molecule has 2 aliphatic rings. The van der Waals surface area contributed by atoms with Crippen molar-refractivity contribution in [1.82, 2.24) is 10.2 Å². The maximum absolute atomic E-state index is 13.0. The lowest BCUT2D eigenvalue weighted by atomic mass is 10.0. The monoisotopic (exact) mass is 473 g/mol. The van der Waals surface area contributed by atoms with Gasteiger partial charge in [-0.1, -0.05) is 30.3 Å². The van der Waals surface area contributed by atoms with Crippen LogP contribution in [0.3, 0.4) is 0 Å². The van der Waals surface area contributed by atoms with E-state index in [-0.39, 0.29) is 30.2 Å². The van der Waals surface area contributed by atoms with Gasteiger partial charge in [-0.3, -0.25) is 14.5 Å². The standard InChI is InChI=1S/C26H30F3N3O2/c1-17-5-3-8-23(18(17)2)32-16-20(14-24(32)33)25(34)30-22-9-11-31(12-10-22)15-19-6-4-7-21(13-19)26(27,28)29/h3-8,13,20,22H,9-12,14-16H2,1-2H3,(H,30,34). The van der Waals surface area contributed by atoms with Gasteiger partial charge >= 0.3 is 6.18 Å². The van der Waals surface area contributed by atoms with Gasteiger partial charge in [0, 0.05) is 44.3 Å². The molecule has 0 bridgehead atoms. The lowest BCUT2D eigenvalue weighted by Gasteiger charge is -2.33. The summed E-state index contributed by atoms with van der Waals surface area (Å²) in [7, 11) is 0. The summed E-state index contributed by atoms with van der Waals surface area (Å²) in [6.07, 6.45) is -2.69. The third-order valence-corrected chi connectivity index (χ3v) is 6.96. The van der Waals surface area contributed by atoms with Gasteiger partial charge in [0.05, 0.1) is 11.5 Å². The van der Waals surface area contributed by atoms with E-state index in [9.17, 15) is 22.8 Å². The van der Waals surface area contributed by atoms with E-state index < -0.39 is 11.7 Å². The van der Waals surface area contributed by atoms with Gasteiger partial charge in [0.15, 0.2) is 0 Å². The highest BCUT2D eigenvalue weighted by molar-refractivity contribution is 6.01. The molecule has 4 rings (SSSR count). The summed E-state index contributed by atoms with van der Waals surface area (Å²) >= 11 is 0. The van der Waals surface area contributed by atoms with Crippen molar-refractivity contribution in [1.29, 1.82) is 0 Å². The zero-order valence-corrected chi connectivity index (χ0v) is 19.5. The molecule has 0 spiro atoms. The molecule has 2 aromatic carbocycles. The van der Waals surface area contributed by atoms with Crippen LogP contribution in [-0.2, 0) is 22.3 Å². The number of aryl methyl sites for hydroxylation is 1. The van der Waals surface area contributed by atoms with Crippen LogP contribution in [0, 0.1) is 19.8 Å². The normalized spacial score (nSPS) is 20.1. The molecule has 0 saturated carbocycles. The second-order valence-corrected chi connectivity index (χ2v) is 9.38. The maximum Gasteiger partial charge on any atom is 0.416 e. The van der Waals surface area contributed by atoms with Gasteiger partial charge in [0.1, 0.15) is 0 Å². The third-order valence-electron chi connectivity index (χ3n) is 6.96. The lowest BCUT2D eigenvalue weighted by molar-refractivity contribution is -0.137. The van der Waals surface area contributed by atoms with E-state index in [1.54, 1.807) is 11.0 Å². The molecule has 0 aromatic heterocycles. The third kappa shape index (κ3) is 5.43. The maximum atomic E-state index is 13.0. The van der Waals surface area contributed by atoms with Gasteiger partial charge in [-0.2, -0.15) is 13.2 Å². The van der Waals surface area contributed by atoms with Crippen molar-refractivity contribution in [2.75, 3.05) is 24.5 Å². The zero-order valence-electron chi connectivity index (χ0n) is 19.5. The Hall–Kier alpha value is -2.87. The number of halogens is 3. The van der Waals surface area contributed by atoms with E-state index in [0.29, 0.717) is 31.7 Å². The van der Waals surface area contributed by atoms with Gasteiger partial charge in [0.25, 0.3) is 0 Å². The first kappa shape index (κ1) is 24.3. The highest BCUT2D eigenvalue weighted by atomic mass is 19.4. The van der Waals surface area contributed by atoms with Crippen molar-refractivity contribution in [3.8, 4) is 0 Å². The predicted molar refractivity (Wildman–Crippen MR) is 124 cm³/mol. The van der Waals surface area contributed by atoms with Crippen LogP contribution in [0.1, 0.15) is 41.5 Å². The Bertz CT molecular complexity index is 1060.